The number of carboxylic acids is 3. The van der Waals surface area contributed by atoms with Gasteiger partial charge >= 0.3 is 17.9 Å². The molecule has 1 rings (SSSR count). The first kappa shape index (κ1) is 21.1. The number of hydrogen-bond acceptors (Lipinski definition) is 5. The van der Waals surface area contributed by atoms with E-state index in [1.54, 1.807) is 12.1 Å². The number of carbonyl (C=O) groups is 4. The maximum Gasteiger partial charge on any atom is 0.336 e. The van der Waals surface area contributed by atoms with E-state index in [1.807, 2.05) is 25.1 Å². The second kappa shape index (κ2) is 9.95. The smallest absolute Gasteiger partial charge is 0.336 e. The first-order chi connectivity index (χ1) is 11.1. The fourth-order valence-corrected chi connectivity index (χ4v) is 1.57. The largest absolute Gasteiger partial charge is 0.481 e. The summed E-state index contributed by atoms with van der Waals surface area (Å²) >= 11 is 0. The van der Waals surface area contributed by atoms with Crippen LogP contribution in [0.2, 0.25) is 0 Å². The van der Waals surface area contributed by atoms with Crippen molar-refractivity contribution >= 4 is 23.8 Å². The zero-order valence-corrected chi connectivity index (χ0v) is 12.9. The van der Waals surface area contributed by atoms with Crippen LogP contribution in [0.3, 0.4) is 0 Å². The van der Waals surface area contributed by atoms with Crippen LogP contribution in [0.5, 0.6) is 0 Å². The van der Waals surface area contributed by atoms with E-state index < -0.39 is 36.4 Å². The third-order valence-corrected chi connectivity index (χ3v) is 2.66. The fourth-order valence-electron chi connectivity index (χ4n) is 1.57. The van der Waals surface area contributed by atoms with Gasteiger partial charge in [0.2, 0.25) is 0 Å². The number of carboxylic acid groups (broad SMARTS) is 3. The summed E-state index contributed by atoms with van der Waals surface area (Å²) in [5.41, 5.74) is -2.02. The summed E-state index contributed by atoms with van der Waals surface area (Å²) in [5.74, 6) is -5.03. The molecule has 9 heteroatoms. The van der Waals surface area contributed by atoms with Crippen LogP contribution in [0.1, 0.15) is 30.1 Å². The Labute approximate surface area is 137 Å². The van der Waals surface area contributed by atoms with Gasteiger partial charge in [-0.1, -0.05) is 18.2 Å². The molecular formula is C15H19NO8. The summed E-state index contributed by atoms with van der Waals surface area (Å²) in [6.45, 7) is 2.58. The van der Waals surface area contributed by atoms with Gasteiger partial charge in [0.05, 0.1) is 12.8 Å². The summed E-state index contributed by atoms with van der Waals surface area (Å²) < 4.78 is 0. The number of carbonyl (C=O) groups excluding carboxylic acids is 1. The van der Waals surface area contributed by atoms with Crippen molar-refractivity contribution in [3.63, 3.8) is 0 Å². The molecule has 0 heterocycles. The van der Waals surface area contributed by atoms with Crippen LogP contribution in [-0.2, 0) is 14.4 Å². The molecule has 24 heavy (non-hydrogen) atoms. The molecule has 0 unspecified atom stereocenters. The molecule has 0 saturated heterocycles. The number of rotatable bonds is 7. The lowest BCUT2D eigenvalue weighted by Crippen LogP contribution is -2.42. The Morgan fingerprint density at radius 2 is 1.42 bits per heavy atom. The van der Waals surface area contributed by atoms with Crippen LogP contribution in [-0.4, -0.2) is 56.4 Å². The maximum absolute atomic E-state index is 11.1. The van der Waals surface area contributed by atoms with Crippen LogP contribution >= 0.6 is 0 Å². The molecule has 0 atom stereocenters. The predicted octanol–water partition coefficient (Wildman–Crippen LogP) is 0.188. The molecule has 1 aromatic carbocycles. The monoisotopic (exact) mass is 341 g/mol. The van der Waals surface area contributed by atoms with Gasteiger partial charge < -0.3 is 25.7 Å². The number of amides is 1. The molecule has 0 aliphatic rings. The average Bonchev–Trinajstić information content (AvgIpc) is 2.47. The third-order valence-electron chi connectivity index (χ3n) is 2.66. The van der Waals surface area contributed by atoms with Crippen molar-refractivity contribution in [2.75, 3.05) is 6.54 Å². The van der Waals surface area contributed by atoms with E-state index in [2.05, 4.69) is 5.32 Å². The van der Waals surface area contributed by atoms with Gasteiger partial charge in [-0.25, -0.2) is 4.79 Å². The van der Waals surface area contributed by atoms with Gasteiger partial charge in [-0.3, -0.25) is 14.4 Å². The number of aliphatic carboxylic acids is 3. The van der Waals surface area contributed by atoms with Crippen molar-refractivity contribution in [1.29, 1.82) is 0 Å². The SMILES string of the molecule is CCNC(=O)c1ccccc1.O=C(O)CC(O)(CC(=O)O)C(=O)O. The third kappa shape index (κ3) is 7.90. The van der Waals surface area contributed by atoms with E-state index in [1.165, 1.54) is 0 Å². The van der Waals surface area contributed by atoms with Crippen LogP contribution < -0.4 is 5.32 Å². The Bertz CT molecular complexity index is 568. The molecule has 0 spiro atoms. The van der Waals surface area contributed by atoms with E-state index in [0.717, 1.165) is 0 Å². The molecule has 9 nitrogen and oxygen atoms in total. The van der Waals surface area contributed by atoms with Crippen LogP contribution in [0.4, 0.5) is 0 Å². The number of nitrogens with one attached hydrogen (secondary N) is 1. The quantitative estimate of drug-likeness (QED) is 0.469. The topological polar surface area (TPSA) is 161 Å². The molecule has 1 aromatic rings. The molecule has 0 fully saturated rings. The van der Waals surface area contributed by atoms with E-state index in [-0.39, 0.29) is 5.91 Å². The van der Waals surface area contributed by atoms with Gasteiger partial charge in [0.15, 0.2) is 5.60 Å². The molecule has 0 aliphatic carbocycles. The molecule has 132 valence electrons. The average molecular weight is 341 g/mol. The zero-order valence-electron chi connectivity index (χ0n) is 12.9. The highest BCUT2D eigenvalue weighted by Crippen LogP contribution is 2.15. The van der Waals surface area contributed by atoms with Crippen LogP contribution in [0.25, 0.3) is 0 Å². The van der Waals surface area contributed by atoms with Gasteiger partial charge in [-0.05, 0) is 19.1 Å². The Balaban J connectivity index is 0.000000446. The van der Waals surface area contributed by atoms with Crippen molar-refractivity contribution < 1.29 is 39.6 Å². The molecule has 1 amide bonds. The minimum atomic E-state index is -2.74. The fraction of sp³-hybridized carbons (Fsp3) is 0.333. The standard InChI is InChI=1S/C9H11NO.C6H8O7/c1-2-10-9(11)8-6-4-3-5-7-8;7-3(8)1-6(13,5(11)12)2-4(9)10/h3-7H,2H2,1H3,(H,10,11);13H,1-2H2,(H,7,8)(H,9,10)(H,11,12). The Morgan fingerprint density at radius 1 is 0.958 bits per heavy atom. The summed E-state index contributed by atoms with van der Waals surface area (Å²) in [7, 11) is 0. The molecule has 0 bridgehead atoms. The van der Waals surface area contributed by atoms with Gasteiger partial charge in [0, 0.05) is 12.1 Å². The summed E-state index contributed by atoms with van der Waals surface area (Å²) in [4.78, 5) is 41.6. The van der Waals surface area contributed by atoms with E-state index in [4.69, 9.17) is 20.4 Å². The van der Waals surface area contributed by atoms with Gasteiger partial charge in [0.25, 0.3) is 5.91 Å². The number of aliphatic hydroxyl groups is 1. The first-order valence-corrected chi connectivity index (χ1v) is 6.85. The van der Waals surface area contributed by atoms with Crippen molar-refractivity contribution in [1.82, 2.24) is 5.32 Å². The minimum absolute atomic E-state index is 0.00639. The Kier molecular flexibility index (Phi) is 8.73. The molecule has 0 aliphatic heterocycles. The summed E-state index contributed by atoms with van der Waals surface area (Å²) in [6, 6.07) is 9.19. The van der Waals surface area contributed by atoms with Crippen LogP contribution in [0, 0.1) is 0 Å². The van der Waals surface area contributed by atoms with Crippen LogP contribution in [0.15, 0.2) is 30.3 Å². The molecule has 5 N–H and O–H groups in total. The van der Waals surface area contributed by atoms with E-state index in [9.17, 15) is 19.2 Å². The number of hydrogen-bond donors (Lipinski definition) is 5. The molecule has 0 radical (unpaired) electrons. The minimum Gasteiger partial charge on any atom is -0.481 e. The second-order valence-electron chi connectivity index (χ2n) is 4.70. The first-order valence-electron chi connectivity index (χ1n) is 6.85. The van der Waals surface area contributed by atoms with E-state index >= 15 is 0 Å². The van der Waals surface area contributed by atoms with Crippen molar-refractivity contribution in [2.45, 2.75) is 25.4 Å². The second-order valence-corrected chi connectivity index (χ2v) is 4.70. The summed E-state index contributed by atoms with van der Waals surface area (Å²) in [6.07, 6.45) is -2.29. The molecular weight excluding hydrogens is 322 g/mol. The Morgan fingerprint density at radius 3 is 1.75 bits per heavy atom. The van der Waals surface area contributed by atoms with Crippen molar-refractivity contribution in [3.05, 3.63) is 35.9 Å². The molecule has 0 saturated carbocycles. The van der Waals surface area contributed by atoms with E-state index in [0.29, 0.717) is 12.1 Å². The zero-order chi connectivity index (χ0) is 18.8. The lowest BCUT2D eigenvalue weighted by molar-refractivity contribution is -0.170. The normalized spacial score (nSPS) is 10.1. The summed E-state index contributed by atoms with van der Waals surface area (Å²) in [5, 5.41) is 36.5. The lowest BCUT2D eigenvalue weighted by atomic mass is 9.96. The molecule has 0 aromatic heterocycles. The van der Waals surface area contributed by atoms with Crippen molar-refractivity contribution in [2.24, 2.45) is 0 Å². The highest BCUT2D eigenvalue weighted by molar-refractivity contribution is 5.94. The Hall–Kier alpha value is -2.94. The van der Waals surface area contributed by atoms with Crippen molar-refractivity contribution in [3.8, 4) is 0 Å². The highest BCUT2D eigenvalue weighted by Gasteiger charge is 2.40. The lowest BCUT2D eigenvalue weighted by Gasteiger charge is -2.18. The van der Waals surface area contributed by atoms with Gasteiger partial charge in [-0.2, -0.15) is 0 Å². The highest BCUT2D eigenvalue weighted by atomic mass is 16.4. The predicted molar refractivity (Wildman–Crippen MR) is 81.5 cm³/mol. The maximum atomic E-state index is 11.1. The van der Waals surface area contributed by atoms with Gasteiger partial charge in [0.1, 0.15) is 0 Å². The van der Waals surface area contributed by atoms with Gasteiger partial charge in [-0.15, -0.1) is 0 Å². The number of benzene rings is 1.